The highest BCUT2D eigenvalue weighted by atomic mass is 35.5. The summed E-state index contributed by atoms with van der Waals surface area (Å²) in [5.74, 6) is 0.486. The van der Waals surface area contributed by atoms with Gasteiger partial charge < -0.3 is 14.8 Å². The number of pyridine rings is 1. The molecule has 0 saturated carbocycles. The molecule has 0 aliphatic rings. The molecule has 0 unspecified atom stereocenters. The summed E-state index contributed by atoms with van der Waals surface area (Å²) in [7, 11) is 3.01. The van der Waals surface area contributed by atoms with Crippen LogP contribution in [0.3, 0.4) is 0 Å². The second-order valence-corrected chi connectivity index (χ2v) is 5.72. The predicted molar refractivity (Wildman–Crippen MR) is 95.9 cm³/mol. The SMILES string of the molecule is COC(=O)CCNc1c2ccc(Cl)cc2nc2ccc(OC)cc12. The monoisotopic (exact) mass is 344 g/mol. The van der Waals surface area contributed by atoms with Gasteiger partial charge in [-0.1, -0.05) is 11.6 Å². The van der Waals surface area contributed by atoms with Crippen molar-refractivity contribution in [1.82, 2.24) is 4.98 Å². The molecule has 3 rings (SSSR count). The molecule has 0 fully saturated rings. The molecule has 1 N–H and O–H groups in total. The van der Waals surface area contributed by atoms with Crippen molar-refractivity contribution in [3.8, 4) is 5.75 Å². The number of methoxy groups -OCH3 is 2. The number of benzene rings is 2. The Morgan fingerprint density at radius 2 is 1.96 bits per heavy atom. The summed E-state index contributed by atoms with van der Waals surface area (Å²) in [4.78, 5) is 16.0. The third-order valence-electron chi connectivity index (χ3n) is 3.80. The second-order valence-electron chi connectivity index (χ2n) is 5.28. The number of ether oxygens (including phenoxy) is 2. The van der Waals surface area contributed by atoms with Crippen LogP contribution in [-0.2, 0) is 9.53 Å². The average molecular weight is 345 g/mol. The van der Waals surface area contributed by atoms with Crippen molar-refractivity contribution < 1.29 is 14.3 Å². The van der Waals surface area contributed by atoms with Crippen LogP contribution in [0.15, 0.2) is 36.4 Å². The van der Waals surface area contributed by atoms with Gasteiger partial charge in [-0.05, 0) is 36.4 Å². The zero-order chi connectivity index (χ0) is 17.1. The summed E-state index contributed by atoms with van der Waals surface area (Å²) in [6.07, 6.45) is 0.277. The van der Waals surface area contributed by atoms with E-state index in [0.29, 0.717) is 11.6 Å². The number of fused-ring (bicyclic) bond motifs is 2. The summed E-state index contributed by atoms with van der Waals surface area (Å²) in [6.45, 7) is 0.459. The van der Waals surface area contributed by atoms with Crippen LogP contribution in [0.1, 0.15) is 6.42 Å². The fourth-order valence-electron chi connectivity index (χ4n) is 2.61. The lowest BCUT2D eigenvalue weighted by atomic mass is 10.1. The van der Waals surface area contributed by atoms with Crippen LogP contribution in [0, 0.1) is 0 Å². The van der Waals surface area contributed by atoms with Crippen molar-refractivity contribution >= 4 is 45.1 Å². The summed E-state index contributed by atoms with van der Waals surface area (Å²) < 4.78 is 10.0. The number of nitrogens with zero attached hydrogens (tertiary/aromatic N) is 1. The number of carbonyl (C=O) groups is 1. The summed E-state index contributed by atoms with van der Waals surface area (Å²) in [5, 5.41) is 5.82. The van der Waals surface area contributed by atoms with Crippen molar-refractivity contribution in [3.63, 3.8) is 0 Å². The van der Waals surface area contributed by atoms with E-state index in [9.17, 15) is 4.79 Å². The minimum Gasteiger partial charge on any atom is -0.497 e. The first-order valence-electron chi connectivity index (χ1n) is 7.50. The van der Waals surface area contributed by atoms with Gasteiger partial charge in [0.05, 0.1) is 37.4 Å². The molecule has 0 radical (unpaired) electrons. The third kappa shape index (κ3) is 3.21. The van der Waals surface area contributed by atoms with E-state index in [2.05, 4.69) is 15.0 Å². The van der Waals surface area contributed by atoms with Crippen LogP contribution >= 0.6 is 11.6 Å². The molecule has 6 heteroatoms. The predicted octanol–water partition coefficient (Wildman–Crippen LogP) is 4.03. The number of aromatic nitrogens is 1. The number of hydrogen-bond acceptors (Lipinski definition) is 5. The first-order chi connectivity index (χ1) is 11.6. The van der Waals surface area contributed by atoms with E-state index in [1.54, 1.807) is 7.11 Å². The normalized spacial score (nSPS) is 10.8. The number of esters is 1. The lowest BCUT2D eigenvalue weighted by Gasteiger charge is -2.14. The highest BCUT2D eigenvalue weighted by molar-refractivity contribution is 6.31. The molecule has 1 aromatic heterocycles. The largest absolute Gasteiger partial charge is 0.497 e. The van der Waals surface area contributed by atoms with Gasteiger partial charge in [-0.25, -0.2) is 4.98 Å². The fourth-order valence-corrected chi connectivity index (χ4v) is 2.77. The van der Waals surface area contributed by atoms with Gasteiger partial charge in [0, 0.05) is 22.3 Å². The van der Waals surface area contributed by atoms with Crippen molar-refractivity contribution in [2.75, 3.05) is 26.1 Å². The zero-order valence-corrected chi connectivity index (χ0v) is 14.2. The zero-order valence-electron chi connectivity index (χ0n) is 13.4. The number of halogens is 1. The Bertz CT molecular complexity index is 912. The van der Waals surface area contributed by atoms with Crippen LogP contribution in [0.2, 0.25) is 5.02 Å². The summed E-state index contributed by atoms with van der Waals surface area (Å²) in [5.41, 5.74) is 2.52. The van der Waals surface area contributed by atoms with Gasteiger partial charge in [0.1, 0.15) is 5.75 Å². The smallest absolute Gasteiger partial charge is 0.307 e. The second kappa shape index (κ2) is 6.93. The van der Waals surface area contributed by atoms with Gasteiger partial charge >= 0.3 is 5.97 Å². The maximum absolute atomic E-state index is 11.4. The first-order valence-corrected chi connectivity index (χ1v) is 7.88. The molecule has 24 heavy (non-hydrogen) atoms. The molecule has 0 saturated heterocycles. The molecule has 1 heterocycles. The van der Waals surface area contributed by atoms with Gasteiger partial charge in [-0.2, -0.15) is 0 Å². The molecular weight excluding hydrogens is 328 g/mol. The Morgan fingerprint density at radius 3 is 2.71 bits per heavy atom. The average Bonchev–Trinajstić information content (AvgIpc) is 2.60. The molecule has 0 atom stereocenters. The number of hydrogen-bond donors (Lipinski definition) is 1. The van der Waals surface area contributed by atoms with Crippen molar-refractivity contribution in [3.05, 3.63) is 41.4 Å². The van der Waals surface area contributed by atoms with E-state index < -0.39 is 0 Å². The van der Waals surface area contributed by atoms with Gasteiger partial charge in [0.25, 0.3) is 0 Å². The molecule has 0 bridgehead atoms. The minimum absolute atomic E-state index is 0.259. The van der Waals surface area contributed by atoms with E-state index in [-0.39, 0.29) is 12.4 Å². The molecule has 2 aromatic carbocycles. The number of anilines is 1. The lowest BCUT2D eigenvalue weighted by Crippen LogP contribution is -2.10. The number of nitrogens with one attached hydrogen (secondary N) is 1. The third-order valence-corrected chi connectivity index (χ3v) is 4.04. The molecular formula is C18H17ClN2O3. The van der Waals surface area contributed by atoms with Crippen molar-refractivity contribution in [2.24, 2.45) is 0 Å². The fraction of sp³-hybridized carbons (Fsp3) is 0.222. The van der Waals surface area contributed by atoms with E-state index >= 15 is 0 Å². The summed E-state index contributed by atoms with van der Waals surface area (Å²) in [6, 6.07) is 11.3. The van der Waals surface area contributed by atoms with Gasteiger partial charge in [0.15, 0.2) is 0 Å². The molecule has 0 spiro atoms. The maximum Gasteiger partial charge on any atom is 0.307 e. The van der Waals surface area contributed by atoms with Crippen LogP contribution in [0.4, 0.5) is 5.69 Å². The lowest BCUT2D eigenvalue weighted by molar-refractivity contribution is -0.140. The van der Waals surface area contributed by atoms with Gasteiger partial charge in [-0.3, -0.25) is 4.79 Å². The van der Waals surface area contributed by atoms with E-state index in [0.717, 1.165) is 33.2 Å². The number of rotatable bonds is 5. The standard InChI is InChI=1S/C18H17ClN2O3/c1-23-12-4-6-15-14(10-12)18(20-8-7-17(22)24-2)13-5-3-11(19)9-16(13)21-15/h3-6,9-10H,7-8H2,1-2H3,(H,20,21). The quantitative estimate of drug-likeness (QED) is 0.559. The Labute approximate surface area is 144 Å². The first kappa shape index (κ1) is 16.3. The Kier molecular flexibility index (Phi) is 4.71. The maximum atomic E-state index is 11.4. The van der Waals surface area contributed by atoms with Gasteiger partial charge in [-0.15, -0.1) is 0 Å². The van der Waals surface area contributed by atoms with Crippen LogP contribution in [0.5, 0.6) is 5.75 Å². The molecule has 0 aliphatic heterocycles. The topological polar surface area (TPSA) is 60.5 Å². The number of carbonyl (C=O) groups excluding carboxylic acids is 1. The molecule has 124 valence electrons. The van der Waals surface area contributed by atoms with Gasteiger partial charge in [0.2, 0.25) is 0 Å². The van der Waals surface area contributed by atoms with Crippen LogP contribution in [0.25, 0.3) is 21.8 Å². The van der Waals surface area contributed by atoms with Crippen molar-refractivity contribution in [2.45, 2.75) is 6.42 Å². The molecule has 0 aliphatic carbocycles. The summed E-state index contributed by atoms with van der Waals surface area (Å²) >= 11 is 6.09. The van der Waals surface area contributed by atoms with E-state index in [1.807, 2.05) is 36.4 Å². The Hall–Kier alpha value is -2.53. The van der Waals surface area contributed by atoms with E-state index in [4.69, 9.17) is 16.3 Å². The Balaban J connectivity index is 2.13. The molecule has 5 nitrogen and oxygen atoms in total. The van der Waals surface area contributed by atoms with Crippen LogP contribution < -0.4 is 10.1 Å². The van der Waals surface area contributed by atoms with Crippen LogP contribution in [-0.4, -0.2) is 31.7 Å². The highest BCUT2D eigenvalue weighted by Gasteiger charge is 2.11. The Morgan fingerprint density at radius 1 is 1.12 bits per heavy atom. The van der Waals surface area contributed by atoms with Crippen molar-refractivity contribution in [1.29, 1.82) is 0 Å². The minimum atomic E-state index is -0.259. The molecule has 3 aromatic rings. The molecule has 0 amide bonds. The highest BCUT2D eigenvalue weighted by Crippen LogP contribution is 2.34. The van der Waals surface area contributed by atoms with E-state index in [1.165, 1.54) is 7.11 Å².